The number of ether oxygens (including phenoxy) is 1. The highest BCUT2D eigenvalue weighted by Gasteiger charge is 2.18. The minimum absolute atomic E-state index is 0.00442. The first-order chi connectivity index (χ1) is 10.1. The van der Waals surface area contributed by atoms with E-state index in [2.05, 4.69) is 0 Å². The summed E-state index contributed by atoms with van der Waals surface area (Å²) in [7, 11) is 1.34. The Morgan fingerprint density at radius 1 is 1.19 bits per heavy atom. The van der Waals surface area contributed by atoms with Gasteiger partial charge in [0.05, 0.1) is 18.7 Å². The lowest BCUT2D eigenvalue weighted by atomic mass is 9.94. The number of nitrogens with zero attached hydrogens (tertiary/aromatic N) is 2. The number of phenols is 1. The van der Waals surface area contributed by atoms with Crippen molar-refractivity contribution < 1.29 is 14.2 Å². The van der Waals surface area contributed by atoms with Crippen LogP contribution in [0.2, 0.25) is 0 Å². The smallest absolute Gasteiger partial charge is 0.176 e. The predicted molar refractivity (Wildman–Crippen MR) is 73.3 cm³/mol. The molecule has 104 valence electrons. The van der Waals surface area contributed by atoms with Gasteiger partial charge in [-0.3, -0.25) is 0 Å². The van der Waals surface area contributed by atoms with Crippen molar-refractivity contribution in [1.29, 1.82) is 10.5 Å². The first-order valence-electron chi connectivity index (χ1n) is 6.08. The zero-order valence-corrected chi connectivity index (χ0v) is 11.2. The largest absolute Gasteiger partial charge is 0.503 e. The second-order valence-electron chi connectivity index (χ2n) is 4.36. The topological polar surface area (TPSA) is 77.0 Å². The summed E-state index contributed by atoms with van der Waals surface area (Å²) in [5, 5.41) is 28.4. The van der Waals surface area contributed by atoms with E-state index in [9.17, 15) is 20.0 Å². The number of aromatic hydroxyl groups is 1. The van der Waals surface area contributed by atoms with Gasteiger partial charge in [0.1, 0.15) is 17.4 Å². The number of hydrogen-bond donors (Lipinski definition) is 1. The van der Waals surface area contributed by atoms with E-state index in [1.807, 2.05) is 12.1 Å². The maximum absolute atomic E-state index is 12.9. The Morgan fingerprint density at radius 2 is 1.86 bits per heavy atom. The molecule has 0 aliphatic heterocycles. The molecule has 0 spiro atoms. The van der Waals surface area contributed by atoms with Crippen LogP contribution in [0.15, 0.2) is 30.3 Å². The molecule has 1 N–H and O–H groups in total. The summed E-state index contributed by atoms with van der Waals surface area (Å²) < 4.78 is 17.9. The molecule has 2 rings (SSSR count). The molecule has 4 nitrogen and oxygen atoms in total. The minimum atomic E-state index is -0.364. The third-order valence-corrected chi connectivity index (χ3v) is 3.12. The molecule has 0 heterocycles. The molecule has 0 aliphatic rings. The van der Waals surface area contributed by atoms with Crippen LogP contribution in [0.4, 0.5) is 4.39 Å². The monoisotopic (exact) mass is 282 g/mol. The molecule has 0 aromatic heterocycles. The summed E-state index contributed by atoms with van der Waals surface area (Å²) in [5.74, 6) is -0.584. The number of phenolic OH excluding ortho intramolecular Hbond substituents is 1. The fraction of sp³-hybridized carbons (Fsp3) is 0.125. The molecule has 0 bridgehead atoms. The molecule has 0 radical (unpaired) electrons. The zero-order valence-electron chi connectivity index (χ0n) is 11.2. The predicted octanol–water partition coefficient (Wildman–Crippen LogP) is 2.87. The maximum Gasteiger partial charge on any atom is 0.176 e. The standard InChI is InChI=1S/C16H11FN2O2/c1-21-15-7-11(8-18)13(14(9-19)16(15)20)6-10-2-4-12(17)5-3-10/h2-5,7,20H,6H2,1H3. The van der Waals surface area contributed by atoms with Crippen molar-refractivity contribution >= 4 is 0 Å². The molecule has 0 amide bonds. The van der Waals surface area contributed by atoms with Crippen molar-refractivity contribution in [3.05, 3.63) is 58.4 Å². The maximum atomic E-state index is 12.9. The summed E-state index contributed by atoms with van der Waals surface area (Å²) in [6.07, 6.45) is 0.240. The second kappa shape index (κ2) is 5.94. The minimum Gasteiger partial charge on any atom is -0.503 e. The van der Waals surface area contributed by atoms with E-state index in [1.54, 1.807) is 12.1 Å². The lowest BCUT2D eigenvalue weighted by Crippen LogP contribution is -2.00. The molecule has 0 unspecified atom stereocenters. The number of methoxy groups -OCH3 is 1. The van der Waals surface area contributed by atoms with Crippen molar-refractivity contribution in [3.8, 4) is 23.6 Å². The van der Waals surface area contributed by atoms with E-state index in [0.717, 1.165) is 5.56 Å². The highest BCUT2D eigenvalue weighted by atomic mass is 19.1. The summed E-state index contributed by atoms with van der Waals surface area (Å²) in [5.41, 5.74) is 1.36. The van der Waals surface area contributed by atoms with Crippen molar-refractivity contribution in [2.45, 2.75) is 6.42 Å². The van der Waals surface area contributed by atoms with Crippen LogP contribution in [0.3, 0.4) is 0 Å². The van der Waals surface area contributed by atoms with Gasteiger partial charge in [0.15, 0.2) is 11.5 Å². The van der Waals surface area contributed by atoms with Gasteiger partial charge in [-0.1, -0.05) is 12.1 Å². The molecule has 0 fully saturated rings. The second-order valence-corrected chi connectivity index (χ2v) is 4.36. The van der Waals surface area contributed by atoms with Gasteiger partial charge in [0, 0.05) is 12.5 Å². The molecule has 5 heteroatoms. The SMILES string of the molecule is COc1cc(C#N)c(Cc2ccc(F)cc2)c(C#N)c1O. The lowest BCUT2D eigenvalue weighted by molar-refractivity contribution is 0.372. The first-order valence-corrected chi connectivity index (χ1v) is 6.08. The number of rotatable bonds is 3. The molecule has 21 heavy (non-hydrogen) atoms. The average Bonchev–Trinajstić information content (AvgIpc) is 2.50. The summed E-state index contributed by atoms with van der Waals surface area (Å²) in [4.78, 5) is 0. The molecule has 2 aromatic rings. The summed E-state index contributed by atoms with van der Waals surface area (Å²) >= 11 is 0. The fourth-order valence-electron chi connectivity index (χ4n) is 2.05. The number of hydrogen-bond acceptors (Lipinski definition) is 4. The van der Waals surface area contributed by atoms with Crippen LogP contribution in [0.5, 0.6) is 11.5 Å². The molecule has 0 saturated carbocycles. The van der Waals surface area contributed by atoms with Gasteiger partial charge >= 0.3 is 0 Å². The van der Waals surface area contributed by atoms with Crippen LogP contribution in [0, 0.1) is 28.5 Å². The van der Waals surface area contributed by atoms with Crippen molar-refractivity contribution in [2.24, 2.45) is 0 Å². The van der Waals surface area contributed by atoms with Gasteiger partial charge in [0.2, 0.25) is 0 Å². The summed E-state index contributed by atoms with van der Waals surface area (Å²) in [6.45, 7) is 0. The van der Waals surface area contributed by atoms with Crippen molar-refractivity contribution in [1.82, 2.24) is 0 Å². The van der Waals surface area contributed by atoms with E-state index in [4.69, 9.17) is 4.74 Å². The van der Waals surface area contributed by atoms with Gasteiger partial charge in [-0.25, -0.2) is 4.39 Å². The number of nitriles is 2. The molecule has 0 aliphatic carbocycles. The Kier molecular flexibility index (Phi) is 4.06. The molecular weight excluding hydrogens is 271 g/mol. The van der Waals surface area contributed by atoms with E-state index >= 15 is 0 Å². The van der Waals surface area contributed by atoms with E-state index in [1.165, 1.54) is 25.3 Å². The fourth-order valence-corrected chi connectivity index (χ4v) is 2.05. The third kappa shape index (κ3) is 2.77. The van der Waals surface area contributed by atoms with E-state index < -0.39 is 0 Å². The molecule has 0 saturated heterocycles. The van der Waals surface area contributed by atoms with Gasteiger partial charge in [-0.2, -0.15) is 10.5 Å². The Hall–Kier alpha value is -3.05. The van der Waals surface area contributed by atoms with E-state index in [0.29, 0.717) is 5.56 Å². The Bertz CT molecular complexity index is 756. The van der Waals surface area contributed by atoms with Crippen LogP contribution in [0.1, 0.15) is 22.3 Å². The van der Waals surface area contributed by atoms with Gasteiger partial charge in [-0.15, -0.1) is 0 Å². The Morgan fingerprint density at radius 3 is 2.38 bits per heavy atom. The van der Waals surface area contributed by atoms with Crippen molar-refractivity contribution in [2.75, 3.05) is 7.11 Å². The highest BCUT2D eigenvalue weighted by molar-refractivity contribution is 5.62. The van der Waals surface area contributed by atoms with Crippen LogP contribution in [0.25, 0.3) is 0 Å². The Labute approximate surface area is 121 Å². The normalized spacial score (nSPS) is 9.71. The number of benzene rings is 2. The first kappa shape index (κ1) is 14.4. The third-order valence-electron chi connectivity index (χ3n) is 3.12. The van der Waals surface area contributed by atoms with Crippen molar-refractivity contribution in [3.63, 3.8) is 0 Å². The summed E-state index contributed by atoms with van der Waals surface area (Å²) in [6, 6.07) is 11.0. The Balaban J connectivity index is 2.57. The van der Waals surface area contributed by atoms with Gasteiger partial charge < -0.3 is 9.84 Å². The van der Waals surface area contributed by atoms with Crippen LogP contribution < -0.4 is 4.74 Å². The highest BCUT2D eigenvalue weighted by Crippen LogP contribution is 2.35. The van der Waals surface area contributed by atoms with E-state index in [-0.39, 0.29) is 34.9 Å². The van der Waals surface area contributed by atoms with Crippen LogP contribution >= 0.6 is 0 Å². The van der Waals surface area contributed by atoms with Crippen LogP contribution in [-0.2, 0) is 6.42 Å². The lowest BCUT2D eigenvalue weighted by Gasteiger charge is -2.12. The molecular formula is C16H11FN2O2. The average molecular weight is 282 g/mol. The molecule has 2 aromatic carbocycles. The van der Waals surface area contributed by atoms with Gasteiger partial charge in [0.25, 0.3) is 0 Å². The number of halogens is 1. The van der Waals surface area contributed by atoms with Crippen LogP contribution in [-0.4, -0.2) is 12.2 Å². The molecule has 0 atom stereocenters. The quantitative estimate of drug-likeness (QED) is 0.939. The van der Waals surface area contributed by atoms with Gasteiger partial charge in [-0.05, 0) is 23.3 Å². The zero-order chi connectivity index (χ0) is 15.4.